The summed E-state index contributed by atoms with van der Waals surface area (Å²) in [6.07, 6.45) is 1.78. The maximum absolute atomic E-state index is 11.3. The standard InChI is InChI=1S/C10H12N4O2S/c1-6(8(15)11-2)17-10-14-13-9(16-10)7-4-3-5-12-7/h3-6,12H,1-2H3,(H,11,15)/t6-/m1/s1. The Hall–Kier alpha value is -1.76. The number of nitrogens with zero attached hydrogens (tertiary/aromatic N) is 2. The van der Waals surface area contributed by atoms with E-state index in [0.717, 1.165) is 5.69 Å². The molecule has 0 aliphatic rings. The lowest BCUT2D eigenvalue weighted by Gasteiger charge is -2.04. The molecule has 0 aliphatic carbocycles. The summed E-state index contributed by atoms with van der Waals surface area (Å²) in [7, 11) is 1.59. The number of aromatic amines is 1. The van der Waals surface area contributed by atoms with Crippen LogP contribution in [0.25, 0.3) is 11.6 Å². The molecule has 7 heteroatoms. The molecule has 2 aromatic rings. The maximum Gasteiger partial charge on any atom is 0.277 e. The van der Waals surface area contributed by atoms with E-state index in [4.69, 9.17) is 4.42 Å². The van der Waals surface area contributed by atoms with Gasteiger partial charge in [-0.25, -0.2) is 0 Å². The van der Waals surface area contributed by atoms with E-state index in [2.05, 4.69) is 20.5 Å². The maximum atomic E-state index is 11.3. The van der Waals surface area contributed by atoms with Crippen molar-refractivity contribution in [3.05, 3.63) is 18.3 Å². The molecule has 0 aromatic carbocycles. The molecule has 0 unspecified atom stereocenters. The summed E-state index contributed by atoms with van der Waals surface area (Å²) in [5.41, 5.74) is 0.761. The van der Waals surface area contributed by atoms with Crippen LogP contribution in [0.5, 0.6) is 0 Å². The van der Waals surface area contributed by atoms with E-state index in [9.17, 15) is 4.79 Å². The van der Waals surface area contributed by atoms with E-state index >= 15 is 0 Å². The Labute approximate surface area is 102 Å². The second-order valence-corrected chi connectivity index (χ2v) is 4.62. The van der Waals surface area contributed by atoms with Crippen LogP contribution in [0.2, 0.25) is 0 Å². The number of nitrogens with one attached hydrogen (secondary N) is 2. The fourth-order valence-electron chi connectivity index (χ4n) is 1.24. The van der Waals surface area contributed by atoms with Crippen LogP contribution >= 0.6 is 11.8 Å². The molecule has 0 spiro atoms. The molecule has 0 fully saturated rings. The topological polar surface area (TPSA) is 83.8 Å². The van der Waals surface area contributed by atoms with Gasteiger partial charge in [0.05, 0.1) is 5.25 Å². The van der Waals surface area contributed by atoms with Crippen molar-refractivity contribution < 1.29 is 9.21 Å². The van der Waals surface area contributed by atoms with Gasteiger partial charge in [-0.2, -0.15) is 0 Å². The number of aromatic nitrogens is 3. The first-order chi connectivity index (χ1) is 8.20. The summed E-state index contributed by atoms with van der Waals surface area (Å²) < 4.78 is 5.42. The molecule has 2 heterocycles. The fraction of sp³-hybridized carbons (Fsp3) is 0.300. The van der Waals surface area contributed by atoms with Gasteiger partial charge >= 0.3 is 0 Å². The van der Waals surface area contributed by atoms with E-state index < -0.39 is 0 Å². The largest absolute Gasteiger partial charge is 0.410 e. The second-order valence-electron chi connectivity index (χ2n) is 3.33. The number of rotatable bonds is 4. The highest BCUT2D eigenvalue weighted by Gasteiger charge is 2.17. The zero-order valence-electron chi connectivity index (χ0n) is 9.43. The molecule has 90 valence electrons. The molecular formula is C10H12N4O2S. The van der Waals surface area contributed by atoms with E-state index in [1.807, 2.05) is 12.1 Å². The van der Waals surface area contributed by atoms with Crippen LogP contribution in [0.3, 0.4) is 0 Å². The Balaban J connectivity index is 2.06. The molecule has 2 aromatic heterocycles. The second kappa shape index (κ2) is 5.05. The predicted molar refractivity (Wildman–Crippen MR) is 63.5 cm³/mol. The zero-order chi connectivity index (χ0) is 12.3. The van der Waals surface area contributed by atoms with Crippen LogP contribution in [0.4, 0.5) is 0 Å². The summed E-state index contributed by atoms with van der Waals surface area (Å²) in [4.78, 5) is 14.3. The summed E-state index contributed by atoms with van der Waals surface area (Å²) >= 11 is 1.23. The van der Waals surface area contributed by atoms with Crippen molar-refractivity contribution >= 4 is 17.7 Å². The van der Waals surface area contributed by atoms with Crippen molar-refractivity contribution in [2.45, 2.75) is 17.4 Å². The zero-order valence-corrected chi connectivity index (χ0v) is 10.2. The molecule has 0 aliphatic heterocycles. The lowest BCUT2D eigenvalue weighted by molar-refractivity contribution is -0.119. The van der Waals surface area contributed by atoms with Gasteiger partial charge in [0.2, 0.25) is 5.91 Å². The third-order valence-electron chi connectivity index (χ3n) is 2.13. The fourth-order valence-corrected chi connectivity index (χ4v) is 1.98. The van der Waals surface area contributed by atoms with Gasteiger partial charge < -0.3 is 14.7 Å². The van der Waals surface area contributed by atoms with Crippen molar-refractivity contribution in [3.63, 3.8) is 0 Å². The summed E-state index contributed by atoms with van der Waals surface area (Å²) in [5.74, 6) is 0.344. The van der Waals surface area contributed by atoms with Gasteiger partial charge in [0.15, 0.2) is 0 Å². The first-order valence-corrected chi connectivity index (χ1v) is 5.94. The smallest absolute Gasteiger partial charge is 0.277 e. The Morgan fingerprint density at radius 2 is 2.41 bits per heavy atom. The van der Waals surface area contributed by atoms with Crippen LogP contribution < -0.4 is 5.32 Å². The first-order valence-electron chi connectivity index (χ1n) is 5.06. The van der Waals surface area contributed by atoms with E-state index in [1.165, 1.54) is 11.8 Å². The predicted octanol–water partition coefficient (Wildman–Crippen LogP) is 1.29. The third-order valence-corrected chi connectivity index (χ3v) is 3.06. The van der Waals surface area contributed by atoms with Crippen LogP contribution in [-0.2, 0) is 4.79 Å². The van der Waals surface area contributed by atoms with Crippen LogP contribution in [0.1, 0.15) is 6.92 Å². The molecular weight excluding hydrogens is 240 g/mol. The lowest BCUT2D eigenvalue weighted by atomic mass is 10.4. The Bertz CT molecular complexity index is 494. The molecule has 2 rings (SSSR count). The van der Waals surface area contributed by atoms with Gasteiger partial charge in [0, 0.05) is 13.2 Å². The summed E-state index contributed by atoms with van der Waals surface area (Å²) in [6, 6.07) is 3.68. The number of amides is 1. The molecule has 17 heavy (non-hydrogen) atoms. The molecule has 6 nitrogen and oxygen atoms in total. The Morgan fingerprint density at radius 1 is 1.59 bits per heavy atom. The van der Waals surface area contributed by atoms with E-state index in [0.29, 0.717) is 11.1 Å². The average molecular weight is 252 g/mol. The number of thioether (sulfide) groups is 1. The number of H-pyrrole nitrogens is 1. The molecule has 1 atom stereocenters. The minimum Gasteiger partial charge on any atom is -0.410 e. The van der Waals surface area contributed by atoms with Crippen molar-refractivity contribution in [2.75, 3.05) is 7.05 Å². The monoisotopic (exact) mass is 252 g/mol. The van der Waals surface area contributed by atoms with Crippen molar-refractivity contribution in [3.8, 4) is 11.6 Å². The number of carbonyl (C=O) groups is 1. The molecule has 0 radical (unpaired) electrons. The quantitative estimate of drug-likeness (QED) is 0.801. The normalized spacial score (nSPS) is 12.4. The van der Waals surface area contributed by atoms with Gasteiger partial charge in [-0.15, -0.1) is 10.2 Å². The Kier molecular flexibility index (Phi) is 3.48. The van der Waals surface area contributed by atoms with Gasteiger partial charge in [-0.1, -0.05) is 11.8 Å². The van der Waals surface area contributed by atoms with Crippen molar-refractivity contribution in [1.29, 1.82) is 0 Å². The lowest BCUT2D eigenvalue weighted by Crippen LogP contribution is -2.27. The number of hydrogen-bond donors (Lipinski definition) is 2. The van der Waals surface area contributed by atoms with Crippen molar-refractivity contribution in [1.82, 2.24) is 20.5 Å². The highest BCUT2D eigenvalue weighted by Crippen LogP contribution is 2.25. The van der Waals surface area contributed by atoms with E-state index in [-0.39, 0.29) is 11.2 Å². The summed E-state index contributed by atoms with van der Waals surface area (Å²) in [6.45, 7) is 1.78. The molecule has 0 bridgehead atoms. The number of hydrogen-bond acceptors (Lipinski definition) is 5. The highest BCUT2D eigenvalue weighted by molar-refractivity contribution is 8.00. The molecule has 0 saturated heterocycles. The van der Waals surface area contributed by atoms with Crippen LogP contribution in [0, 0.1) is 0 Å². The minimum atomic E-state index is -0.267. The molecule has 0 saturated carbocycles. The van der Waals surface area contributed by atoms with E-state index in [1.54, 1.807) is 20.2 Å². The highest BCUT2D eigenvalue weighted by atomic mass is 32.2. The van der Waals surface area contributed by atoms with Gasteiger partial charge in [0.25, 0.3) is 11.1 Å². The summed E-state index contributed by atoms with van der Waals surface area (Å²) in [5, 5.41) is 10.4. The SMILES string of the molecule is CNC(=O)[C@@H](C)Sc1nnc(-c2ccc[nH]2)o1. The van der Waals surface area contributed by atoms with Crippen molar-refractivity contribution in [2.24, 2.45) is 0 Å². The van der Waals surface area contributed by atoms with Crippen LogP contribution in [-0.4, -0.2) is 33.4 Å². The van der Waals surface area contributed by atoms with Gasteiger partial charge in [-0.05, 0) is 19.1 Å². The Morgan fingerprint density at radius 3 is 3.06 bits per heavy atom. The van der Waals surface area contributed by atoms with Gasteiger partial charge in [-0.3, -0.25) is 4.79 Å². The van der Waals surface area contributed by atoms with Crippen LogP contribution in [0.15, 0.2) is 28.0 Å². The van der Waals surface area contributed by atoms with Gasteiger partial charge in [0.1, 0.15) is 5.69 Å². The third kappa shape index (κ3) is 2.68. The number of carbonyl (C=O) groups excluding carboxylic acids is 1. The molecule has 2 N–H and O–H groups in total. The average Bonchev–Trinajstić information content (AvgIpc) is 2.97. The molecule has 1 amide bonds. The minimum absolute atomic E-state index is 0.0744. The first kappa shape index (κ1) is 11.7.